The Morgan fingerprint density at radius 1 is 1.41 bits per heavy atom. The number of nitrogens with one attached hydrogen (secondary N) is 1. The van der Waals surface area contributed by atoms with Crippen molar-refractivity contribution < 1.29 is 19.1 Å². The molecule has 0 aromatic heterocycles. The van der Waals surface area contributed by atoms with Gasteiger partial charge in [0.25, 0.3) is 0 Å². The lowest BCUT2D eigenvalue weighted by Gasteiger charge is -2.34. The normalized spacial score (nSPS) is 21.5. The molecule has 5 nitrogen and oxygen atoms in total. The van der Waals surface area contributed by atoms with E-state index in [-0.39, 0.29) is 18.2 Å². The van der Waals surface area contributed by atoms with Crippen LogP contribution in [-0.4, -0.2) is 35.1 Å². The molecule has 2 amide bonds. The molecular weight excluding hydrogens is 355 g/mol. The fourth-order valence-corrected chi connectivity index (χ4v) is 2.95. The van der Waals surface area contributed by atoms with Gasteiger partial charge in [0, 0.05) is 23.1 Å². The Balaban J connectivity index is 2.12. The largest absolute Gasteiger partial charge is 0.481 e. The van der Waals surface area contributed by atoms with Crippen LogP contribution in [0.15, 0.2) is 16.6 Å². The lowest BCUT2D eigenvalue weighted by Crippen LogP contribution is -2.47. The van der Waals surface area contributed by atoms with E-state index in [0.717, 1.165) is 0 Å². The molecule has 0 radical (unpaired) electrons. The van der Waals surface area contributed by atoms with Gasteiger partial charge in [-0.2, -0.15) is 0 Å². The number of carbonyl (C=O) groups is 2. The summed E-state index contributed by atoms with van der Waals surface area (Å²) in [6, 6.07) is 2.66. The average molecular weight is 373 g/mol. The van der Waals surface area contributed by atoms with Crippen LogP contribution >= 0.6 is 15.9 Å². The molecule has 2 atom stereocenters. The smallest absolute Gasteiger partial charge is 0.321 e. The fraction of sp³-hybridized carbons (Fsp3) is 0.467. The van der Waals surface area contributed by atoms with Gasteiger partial charge in [0.2, 0.25) is 0 Å². The number of aliphatic carboxylic acids is 1. The predicted molar refractivity (Wildman–Crippen MR) is 84.3 cm³/mol. The van der Waals surface area contributed by atoms with E-state index >= 15 is 0 Å². The zero-order valence-electron chi connectivity index (χ0n) is 12.4. The van der Waals surface area contributed by atoms with E-state index in [9.17, 15) is 14.0 Å². The van der Waals surface area contributed by atoms with E-state index in [2.05, 4.69) is 21.2 Å². The second-order valence-electron chi connectivity index (χ2n) is 5.75. The molecule has 1 fully saturated rings. The average Bonchev–Trinajstić information content (AvgIpc) is 2.47. The SMILES string of the molecule is Cc1c(Br)ccc(NC(=O)N2CC(C)CC(C(=O)O)C2)c1F. The summed E-state index contributed by atoms with van der Waals surface area (Å²) in [5.41, 5.74) is 0.504. The van der Waals surface area contributed by atoms with Crippen molar-refractivity contribution in [2.75, 3.05) is 18.4 Å². The first-order valence-electron chi connectivity index (χ1n) is 7.03. The first-order chi connectivity index (χ1) is 10.3. The molecule has 2 rings (SSSR count). The lowest BCUT2D eigenvalue weighted by atomic mass is 9.91. The summed E-state index contributed by atoms with van der Waals surface area (Å²) in [4.78, 5) is 24.8. The number of anilines is 1. The quantitative estimate of drug-likeness (QED) is 0.834. The number of halogens is 2. The molecule has 2 unspecified atom stereocenters. The number of amides is 2. The number of nitrogens with zero attached hydrogens (tertiary/aromatic N) is 1. The Bertz CT molecular complexity index is 609. The van der Waals surface area contributed by atoms with E-state index in [4.69, 9.17) is 5.11 Å². The molecule has 1 heterocycles. The third-order valence-corrected chi connectivity index (χ3v) is 4.72. The van der Waals surface area contributed by atoms with Gasteiger partial charge in [-0.15, -0.1) is 0 Å². The van der Waals surface area contributed by atoms with Crippen molar-refractivity contribution in [1.29, 1.82) is 0 Å². The number of urea groups is 1. The van der Waals surface area contributed by atoms with E-state index in [0.29, 0.717) is 23.0 Å². The van der Waals surface area contributed by atoms with Crippen molar-refractivity contribution in [3.05, 3.63) is 28.0 Å². The van der Waals surface area contributed by atoms with Crippen LogP contribution in [0.2, 0.25) is 0 Å². The van der Waals surface area contributed by atoms with Crippen molar-refractivity contribution in [3.63, 3.8) is 0 Å². The van der Waals surface area contributed by atoms with Crippen molar-refractivity contribution >= 4 is 33.6 Å². The van der Waals surface area contributed by atoms with Crippen LogP contribution in [0.5, 0.6) is 0 Å². The molecule has 0 aliphatic carbocycles. The topological polar surface area (TPSA) is 69.6 Å². The first kappa shape index (κ1) is 16.7. The standard InChI is InChI=1S/C15H18BrFN2O3/c1-8-5-10(14(20)21)7-19(6-8)15(22)18-12-4-3-11(16)9(2)13(12)17/h3-4,8,10H,5-7H2,1-2H3,(H,18,22)(H,20,21). The van der Waals surface area contributed by atoms with Crippen LogP contribution < -0.4 is 5.32 Å². The van der Waals surface area contributed by atoms with Crippen LogP contribution in [0.1, 0.15) is 18.9 Å². The van der Waals surface area contributed by atoms with Gasteiger partial charge in [-0.05, 0) is 31.4 Å². The number of rotatable bonds is 2. The summed E-state index contributed by atoms with van der Waals surface area (Å²) in [6.07, 6.45) is 0.546. The summed E-state index contributed by atoms with van der Waals surface area (Å²) in [5, 5.41) is 11.7. The maximum atomic E-state index is 14.1. The minimum atomic E-state index is -0.907. The maximum absolute atomic E-state index is 14.1. The highest BCUT2D eigenvalue weighted by atomic mass is 79.9. The van der Waals surface area contributed by atoms with Crippen molar-refractivity contribution in [3.8, 4) is 0 Å². The number of carboxylic acids is 1. The van der Waals surface area contributed by atoms with Crippen LogP contribution in [0.4, 0.5) is 14.9 Å². The van der Waals surface area contributed by atoms with Crippen molar-refractivity contribution in [2.45, 2.75) is 20.3 Å². The Labute approximate surface area is 136 Å². The summed E-state index contributed by atoms with van der Waals surface area (Å²) < 4.78 is 14.7. The molecule has 0 bridgehead atoms. The number of carbonyl (C=O) groups excluding carboxylic acids is 1. The van der Waals surface area contributed by atoms with E-state index < -0.39 is 23.7 Å². The summed E-state index contributed by atoms with van der Waals surface area (Å²) >= 11 is 3.23. The van der Waals surface area contributed by atoms with Gasteiger partial charge in [-0.25, -0.2) is 9.18 Å². The predicted octanol–water partition coefficient (Wildman–Crippen LogP) is 3.47. The molecule has 1 aliphatic rings. The molecule has 7 heteroatoms. The number of piperidine rings is 1. The number of likely N-dealkylation sites (tertiary alicyclic amines) is 1. The Kier molecular flexibility index (Phi) is 5.05. The molecule has 120 valence electrons. The third-order valence-electron chi connectivity index (χ3n) is 3.86. The van der Waals surface area contributed by atoms with E-state index in [1.807, 2.05) is 6.92 Å². The zero-order valence-corrected chi connectivity index (χ0v) is 14.0. The van der Waals surface area contributed by atoms with Gasteiger partial charge in [-0.3, -0.25) is 4.79 Å². The van der Waals surface area contributed by atoms with E-state index in [1.165, 1.54) is 11.0 Å². The Morgan fingerprint density at radius 2 is 2.09 bits per heavy atom. The molecule has 1 aromatic carbocycles. The lowest BCUT2D eigenvalue weighted by molar-refractivity contribution is -0.143. The Morgan fingerprint density at radius 3 is 2.73 bits per heavy atom. The highest BCUT2D eigenvalue weighted by Gasteiger charge is 2.32. The van der Waals surface area contributed by atoms with Crippen LogP contribution in [-0.2, 0) is 4.79 Å². The molecule has 0 spiro atoms. The summed E-state index contributed by atoms with van der Waals surface area (Å²) in [6.45, 7) is 4.12. The maximum Gasteiger partial charge on any atom is 0.321 e. The number of benzene rings is 1. The molecule has 1 saturated heterocycles. The highest BCUT2D eigenvalue weighted by Crippen LogP contribution is 2.26. The second-order valence-corrected chi connectivity index (χ2v) is 6.60. The number of hydrogen-bond donors (Lipinski definition) is 2. The zero-order chi connectivity index (χ0) is 16.4. The molecule has 1 aromatic rings. The first-order valence-corrected chi connectivity index (χ1v) is 7.82. The van der Waals surface area contributed by atoms with Crippen LogP contribution in [0, 0.1) is 24.6 Å². The monoisotopic (exact) mass is 372 g/mol. The number of carboxylic acid groups (broad SMARTS) is 1. The van der Waals surface area contributed by atoms with Crippen molar-refractivity contribution in [1.82, 2.24) is 4.90 Å². The fourth-order valence-electron chi connectivity index (χ4n) is 2.65. The van der Waals surface area contributed by atoms with Crippen molar-refractivity contribution in [2.24, 2.45) is 11.8 Å². The van der Waals surface area contributed by atoms with Gasteiger partial charge in [0.15, 0.2) is 5.82 Å². The van der Waals surface area contributed by atoms with E-state index in [1.54, 1.807) is 13.0 Å². The van der Waals surface area contributed by atoms with Gasteiger partial charge in [-0.1, -0.05) is 22.9 Å². The molecule has 1 aliphatic heterocycles. The summed E-state index contributed by atoms with van der Waals surface area (Å²) in [5.74, 6) is -1.89. The Hall–Kier alpha value is -1.63. The van der Waals surface area contributed by atoms with Gasteiger partial charge < -0.3 is 15.3 Å². The molecule has 2 N–H and O–H groups in total. The number of hydrogen-bond acceptors (Lipinski definition) is 2. The third kappa shape index (κ3) is 3.58. The highest BCUT2D eigenvalue weighted by molar-refractivity contribution is 9.10. The molecule has 22 heavy (non-hydrogen) atoms. The minimum absolute atomic E-state index is 0.0933. The summed E-state index contributed by atoms with van der Waals surface area (Å²) in [7, 11) is 0. The van der Waals surface area contributed by atoms with Gasteiger partial charge in [0.1, 0.15) is 0 Å². The van der Waals surface area contributed by atoms with Crippen LogP contribution in [0.3, 0.4) is 0 Å². The van der Waals surface area contributed by atoms with Gasteiger partial charge >= 0.3 is 12.0 Å². The van der Waals surface area contributed by atoms with Gasteiger partial charge in [0.05, 0.1) is 11.6 Å². The second kappa shape index (κ2) is 6.64. The minimum Gasteiger partial charge on any atom is -0.481 e. The van der Waals surface area contributed by atoms with Crippen LogP contribution in [0.25, 0.3) is 0 Å². The molecular formula is C15H18BrFN2O3. The molecule has 0 saturated carbocycles.